The van der Waals surface area contributed by atoms with Crippen LogP contribution < -0.4 is 9.73 Å². The standard InChI is InChI=1S/C23H22BrN3O3S/c1-17-8-13-22(18(2)14-17)27(31(29,30)21-6-4-3-5-7-21)16-23(28)26-25-15-19-9-11-20(24)12-10-19/h3-15H,16H2,1-2H3,(H,26,28)/b25-15-. The molecule has 3 aromatic rings. The largest absolute Gasteiger partial charge is 0.271 e. The molecule has 0 aliphatic carbocycles. The van der Waals surface area contributed by atoms with Crippen molar-refractivity contribution in [2.45, 2.75) is 18.7 Å². The Morgan fingerprint density at radius 1 is 1.03 bits per heavy atom. The zero-order valence-electron chi connectivity index (χ0n) is 17.1. The van der Waals surface area contributed by atoms with Gasteiger partial charge in [0, 0.05) is 4.47 Å². The Morgan fingerprint density at radius 3 is 2.35 bits per heavy atom. The van der Waals surface area contributed by atoms with Crippen LogP contribution in [0.25, 0.3) is 0 Å². The van der Waals surface area contributed by atoms with Gasteiger partial charge < -0.3 is 0 Å². The third-order valence-corrected chi connectivity index (χ3v) is 6.81. The molecule has 0 unspecified atom stereocenters. The summed E-state index contributed by atoms with van der Waals surface area (Å²) in [7, 11) is -3.95. The first-order valence-corrected chi connectivity index (χ1v) is 11.7. The van der Waals surface area contributed by atoms with E-state index >= 15 is 0 Å². The Labute approximate surface area is 190 Å². The zero-order valence-corrected chi connectivity index (χ0v) is 19.5. The number of hydrogen-bond donors (Lipinski definition) is 1. The van der Waals surface area contributed by atoms with Gasteiger partial charge in [-0.1, -0.05) is 64.0 Å². The van der Waals surface area contributed by atoms with E-state index in [1.54, 1.807) is 24.3 Å². The summed E-state index contributed by atoms with van der Waals surface area (Å²) in [5.74, 6) is -0.548. The molecule has 0 heterocycles. The minimum atomic E-state index is -3.95. The van der Waals surface area contributed by atoms with Crippen LogP contribution in [0.2, 0.25) is 0 Å². The molecule has 0 saturated carbocycles. The Kier molecular flexibility index (Phi) is 7.25. The van der Waals surface area contributed by atoms with Gasteiger partial charge in [0.15, 0.2) is 0 Å². The Morgan fingerprint density at radius 2 is 1.71 bits per heavy atom. The van der Waals surface area contributed by atoms with Gasteiger partial charge in [-0.25, -0.2) is 13.8 Å². The summed E-state index contributed by atoms with van der Waals surface area (Å²) in [6.07, 6.45) is 1.50. The van der Waals surface area contributed by atoms with Crippen LogP contribution in [0.5, 0.6) is 0 Å². The van der Waals surface area contributed by atoms with Crippen LogP contribution in [0, 0.1) is 13.8 Å². The molecule has 0 spiro atoms. The SMILES string of the molecule is Cc1ccc(N(CC(=O)N/N=C\c2ccc(Br)cc2)S(=O)(=O)c2ccccc2)c(C)c1. The van der Waals surface area contributed by atoms with E-state index in [1.807, 2.05) is 50.2 Å². The maximum Gasteiger partial charge on any atom is 0.264 e. The lowest BCUT2D eigenvalue weighted by molar-refractivity contribution is -0.119. The average molecular weight is 500 g/mol. The molecule has 0 fully saturated rings. The first-order valence-electron chi connectivity index (χ1n) is 9.50. The molecule has 0 atom stereocenters. The normalized spacial score (nSPS) is 11.5. The first-order chi connectivity index (χ1) is 14.8. The average Bonchev–Trinajstić information content (AvgIpc) is 2.74. The van der Waals surface area contributed by atoms with E-state index in [4.69, 9.17) is 0 Å². The molecule has 3 aromatic carbocycles. The minimum Gasteiger partial charge on any atom is -0.271 e. The summed E-state index contributed by atoms with van der Waals surface area (Å²) < 4.78 is 28.7. The summed E-state index contributed by atoms with van der Waals surface area (Å²) in [6, 6.07) is 20.9. The molecule has 0 saturated heterocycles. The van der Waals surface area contributed by atoms with Crippen LogP contribution in [-0.4, -0.2) is 27.1 Å². The van der Waals surface area contributed by atoms with Gasteiger partial charge in [-0.05, 0) is 55.3 Å². The number of benzene rings is 3. The number of nitrogens with zero attached hydrogens (tertiary/aromatic N) is 2. The second kappa shape index (κ2) is 9.89. The number of anilines is 1. The van der Waals surface area contributed by atoms with E-state index in [-0.39, 0.29) is 4.90 Å². The predicted octanol–water partition coefficient (Wildman–Crippen LogP) is 4.41. The van der Waals surface area contributed by atoms with Crippen LogP contribution >= 0.6 is 15.9 Å². The second-order valence-corrected chi connectivity index (χ2v) is 9.74. The smallest absolute Gasteiger partial charge is 0.264 e. The molecular weight excluding hydrogens is 478 g/mol. The molecule has 31 heavy (non-hydrogen) atoms. The number of sulfonamides is 1. The Balaban J connectivity index is 1.86. The lowest BCUT2D eigenvalue weighted by atomic mass is 10.1. The van der Waals surface area contributed by atoms with Gasteiger partial charge in [-0.3, -0.25) is 9.10 Å². The van der Waals surface area contributed by atoms with Crippen molar-refractivity contribution in [3.63, 3.8) is 0 Å². The second-order valence-electron chi connectivity index (χ2n) is 6.96. The van der Waals surface area contributed by atoms with Gasteiger partial charge in [-0.2, -0.15) is 5.10 Å². The van der Waals surface area contributed by atoms with Crippen molar-refractivity contribution in [3.05, 3.63) is 94.0 Å². The van der Waals surface area contributed by atoms with Gasteiger partial charge in [-0.15, -0.1) is 0 Å². The molecule has 8 heteroatoms. The molecule has 0 radical (unpaired) electrons. The summed E-state index contributed by atoms with van der Waals surface area (Å²) >= 11 is 3.36. The number of amides is 1. The third kappa shape index (κ3) is 5.80. The first kappa shape index (κ1) is 22.7. The molecule has 0 aliphatic rings. The van der Waals surface area contributed by atoms with Gasteiger partial charge in [0.2, 0.25) is 0 Å². The van der Waals surface area contributed by atoms with E-state index in [9.17, 15) is 13.2 Å². The van der Waals surface area contributed by atoms with E-state index in [1.165, 1.54) is 18.3 Å². The number of hydrazone groups is 1. The van der Waals surface area contributed by atoms with Crippen molar-refractivity contribution in [1.82, 2.24) is 5.43 Å². The Bertz CT molecular complexity index is 1190. The van der Waals surface area contributed by atoms with Crippen molar-refractivity contribution in [2.75, 3.05) is 10.8 Å². The van der Waals surface area contributed by atoms with Crippen LogP contribution in [0.4, 0.5) is 5.69 Å². The zero-order chi connectivity index (χ0) is 22.4. The summed E-state index contributed by atoms with van der Waals surface area (Å²) in [5, 5.41) is 3.95. The number of nitrogens with one attached hydrogen (secondary N) is 1. The molecule has 6 nitrogen and oxygen atoms in total. The van der Waals surface area contributed by atoms with Crippen LogP contribution in [-0.2, 0) is 14.8 Å². The minimum absolute atomic E-state index is 0.112. The molecule has 0 bridgehead atoms. The summed E-state index contributed by atoms with van der Waals surface area (Å²) in [5.41, 5.74) is 5.41. The number of aryl methyl sites for hydroxylation is 2. The van der Waals surface area contributed by atoms with Gasteiger partial charge in [0.25, 0.3) is 15.9 Å². The number of rotatable bonds is 7. The highest BCUT2D eigenvalue weighted by Gasteiger charge is 2.28. The van der Waals surface area contributed by atoms with E-state index in [0.717, 1.165) is 25.5 Å². The molecule has 1 N–H and O–H groups in total. The lowest BCUT2D eigenvalue weighted by Gasteiger charge is -2.25. The topological polar surface area (TPSA) is 78.8 Å². The Hall–Kier alpha value is -2.97. The number of carbonyl (C=O) groups excluding carboxylic acids is 1. The fraction of sp³-hybridized carbons (Fsp3) is 0.130. The van der Waals surface area contributed by atoms with Gasteiger partial charge in [0.05, 0.1) is 16.8 Å². The van der Waals surface area contributed by atoms with Gasteiger partial charge in [0.1, 0.15) is 6.54 Å². The molecular formula is C23H22BrN3O3S. The van der Waals surface area contributed by atoms with Crippen molar-refractivity contribution in [2.24, 2.45) is 5.10 Å². The predicted molar refractivity (Wildman–Crippen MR) is 127 cm³/mol. The van der Waals surface area contributed by atoms with Crippen LogP contribution in [0.15, 0.2) is 87.3 Å². The molecule has 160 valence electrons. The number of carbonyl (C=O) groups is 1. The highest BCUT2D eigenvalue weighted by molar-refractivity contribution is 9.10. The third-order valence-electron chi connectivity index (χ3n) is 4.51. The van der Waals surface area contributed by atoms with Crippen molar-refractivity contribution < 1.29 is 13.2 Å². The van der Waals surface area contributed by atoms with Gasteiger partial charge >= 0.3 is 0 Å². The quantitative estimate of drug-likeness (QED) is 0.386. The van der Waals surface area contributed by atoms with E-state index in [2.05, 4.69) is 26.5 Å². The van der Waals surface area contributed by atoms with Crippen molar-refractivity contribution in [3.8, 4) is 0 Å². The van der Waals surface area contributed by atoms with Crippen LogP contribution in [0.3, 0.4) is 0 Å². The number of halogens is 1. The monoisotopic (exact) mass is 499 g/mol. The molecule has 0 aromatic heterocycles. The van der Waals surface area contributed by atoms with Crippen molar-refractivity contribution in [1.29, 1.82) is 0 Å². The fourth-order valence-corrected chi connectivity index (χ4v) is 4.77. The molecule has 1 amide bonds. The van der Waals surface area contributed by atoms with Crippen molar-refractivity contribution >= 4 is 43.8 Å². The molecule has 3 rings (SSSR count). The maximum absolute atomic E-state index is 13.3. The lowest BCUT2D eigenvalue weighted by Crippen LogP contribution is -2.40. The highest BCUT2D eigenvalue weighted by Crippen LogP contribution is 2.27. The highest BCUT2D eigenvalue weighted by atomic mass is 79.9. The van der Waals surface area contributed by atoms with E-state index < -0.39 is 22.5 Å². The fourth-order valence-electron chi connectivity index (χ4n) is 3.00. The molecule has 0 aliphatic heterocycles. The summed E-state index contributed by atoms with van der Waals surface area (Å²) in [6.45, 7) is 3.34. The van der Waals surface area contributed by atoms with E-state index in [0.29, 0.717) is 5.69 Å². The maximum atomic E-state index is 13.3. The number of hydrogen-bond acceptors (Lipinski definition) is 4. The van der Waals surface area contributed by atoms with Crippen LogP contribution in [0.1, 0.15) is 16.7 Å². The summed E-state index contributed by atoms with van der Waals surface area (Å²) in [4.78, 5) is 12.7.